The van der Waals surface area contributed by atoms with Crippen molar-refractivity contribution < 1.29 is 4.74 Å². The van der Waals surface area contributed by atoms with Crippen LogP contribution in [0.5, 0.6) is 0 Å². The highest BCUT2D eigenvalue weighted by molar-refractivity contribution is 7.80. The van der Waals surface area contributed by atoms with Crippen molar-refractivity contribution in [1.82, 2.24) is 0 Å². The molecular formula is C14H20OS. The van der Waals surface area contributed by atoms with Crippen LogP contribution < -0.4 is 0 Å². The Morgan fingerprint density at radius 1 is 1.31 bits per heavy atom. The third-order valence-corrected chi connectivity index (χ3v) is 4.37. The summed E-state index contributed by atoms with van der Waals surface area (Å²) in [5, 5.41) is 0. The van der Waals surface area contributed by atoms with Crippen LogP contribution >= 0.6 is 12.6 Å². The van der Waals surface area contributed by atoms with E-state index >= 15 is 0 Å². The molecule has 0 amide bonds. The second-order valence-corrected chi connectivity index (χ2v) is 5.18. The Labute approximate surface area is 104 Å². The van der Waals surface area contributed by atoms with Gasteiger partial charge in [0.15, 0.2) is 0 Å². The van der Waals surface area contributed by atoms with Crippen molar-refractivity contribution in [1.29, 1.82) is 0 Å². The van der Waals surface area contributed by atoms with Crippen molar-refractivity contribution in [3.63, 3.8) is 0 Å². The summed E-state index contributed by atoms with van der Waals surface area (Å²) in [7, 11) is 0. The zero-order valence-electron chi connectivity index (χ0n) is 10.1. The molecule has 2 rings (SSSR count). The number of hydrogen-bond donors (Lipinski definition) is 1. The number of benzene rings is 1. The maximum absolute atomic E-state index is 5.33. The Kier molecular flexibility index (Phi) is 3.60. The van der Waals surface area contributed by atoms with Crippen LogP contribution in [-0.4, -0.2) is 19.0 Å². The molecule has 88 valence electrons. The van der Waals surface area contributed by atoms with Gasteiger partial charge in [-0.25, -0.2) is 0 Å². The van der Waals surface area contributed by atoms with E-state index in [1.165, 1.54) is 17.5 Å². The summed E-state index contributed by atoms with van der Waals surface area (Å²) in [6.07, 6.45) is 1.19. The predicted octanol–water partition coefficient (Wildman–Crippen LogP) is 3.40. The van der Waals surface area contributed by atoms with Crippen molar-refractivity contribution in [3.8, 4) is 0 Å². The summed E-state index contributed by atoms with van der Waals surface area (Å²) in [5.74, 6) is 1.52. The number of ether oxygens (including phenoxy) is 1. The highest BCUT2D eigenvalue weighted by Gasteiger charge is 2.38. The molecule has 1 heterocycles. The minimum Gasteiger partial charge on any atom is -0.379 e. The van der Waals surface area contributed by atoms with E-state index in [2.05, 4.69) is 50.7 Å². The molecule has 1 aliphatic rings. The zero-order chi connectivity index (χ0) is 11.6. The summed E-state index contributed by atoms with van der Waals surface area (Å²) >= 11 is 4.45. The topological polar surface area (TPSA) is 9.23 Å². The van der Waals surface area contributed by atoms with Gasteiger partial charge in [-0.2, -0.15) is 12.6 Å². The fourth-order valence-electron chi connectivity index (χ4n) is 2.10. The van der Waals surface area contributed by atoms with Gasteiger partial charge in [0, 0.05) is 5.75 Å². The van der Waals surface area contributed by atoms with E-state index in [4.69, 9.17) is 4.74 Å². The standard InChI is InChI=1S/C14H20OS/c1-3-11(2)12-4-6-13(7-5-12)14(10-16)8-15-9-14/h4-7,11,16H,3,8-10H2,1-2H3. The van der Waals surface area contributed by atoms with Gasteiger partial charge in [-0.3, -0.25) is 0 Å². The van der Waals surface area contributed by atoms with Crippen molar-refractivity contribution in [2.75, 3.05) is 19.0 Å². The van der Waals surface area contributed by atoms with Gasteiger partial charge in [-0.05, 0) is 23.5 Å². The maximum Gasteiger partial charge on any atom is 0.0593 e. The zero-order valence-corrected chi connectivity index (χ0v) is 11.0. The van der Waals surface area contributed by atoms with Crippen LogP contribution in [0, 0.1) is 0 Å². The third kappa shape index (κ3) is 2.01. The van der Waals surface area contributed by atoms with Gasteiger partial charge in [0.25, 0.3) is 0 Å². The van der Waals surface area contributed by atoms with Crippen molar-refractivity contribution >= 4 is 12.6 Å². The number of thiol groups is 1. The molecule has 0 radical (unpaired) electrons. The van der Waals surface area contributed by atoms with Crippen LogP contribution in [0.3, 0.4) is 0 Å². The van der Waals surface area contributed by atoms with E-state index in [9.17, 15) is 0 Å². The SMILES string of the molecule is CCC(C)c1ccc(C2(CS)COC2)cc1. The normalized spacial score (nSPS) is 20.2. The molecule has 1 saturated heterocycles. The molecule has 0 aliphatic carbocycles. The van der Waals surface area contributed by atoms with Gasteiger partial charge in [-0.15, -0.1) is 0 Å². The fraction of sp³-hybridized carbons (Fsp3) is 0.571. The Morgan fingerprint density at radius 3 is 2.31 bits per heavy atom. The van der Waals surface area contributed by atoms with E-state index in [1.807, 2.05) is 0 Å². The molecule has 16 heavy (non-hydrogen) atoms. The summed E-state index contributed by atoms with van der Waals surface area (Å²) < 4.78 is 5.33. The molecule has 0 bridgehead atoms. The smallest absolute Gasteiger partial charge is 0.0593 e. The van der Waals surface area contributed by atoms with Gasteiger partial charge in [0.1, 0.15) is 0 Å². The van der Waals surface area contributed by atoms with E-state index in [-0.39, 0.29) is 5.41 Å². The molecule has 2 heteroatoms. The minimum absolute atomic E-state index is 0.178. The molecule has 1 fully saturated rings. The monoisotopic (exact) mass is 236 g/mol. The van der Waals surface area contributed by atoms with Crippen LogP contribution in [0.4, 0.5) is 0 Å². The second-order valence-electron chi connectivity index (χ2n) is 4.86. The van der Waals surface area contributed by atoms with Crippen molar-refractivity contribution in [3.05, 3.63) is 35.4 Å². The predicted molar refractivity (Wildman–Crippen MR) is 71.5 cm³/mol. The average molecular weight is 236 g/mol. The fourth-order valence-corrected chi connectivity index (χ4v) is 2.46. The molecule has 1 aromatic rings. The second kappa shape index (κ2) is 4.80. The van der Waals surface area contributed by atoms with E-state index in [1.54, 1.807) is 0 Å². The summed E-state index contributed by atoms with van der Waals surface area (Å²) in [6.45, 7) is 6.14. The Hall–Kier alpha value is -0.470. The first-order valence-electron chi connectivity index (χ1n) is 6.01. The molecule has 0 saturated carbocycles. The summed E-state index contributed by atoms with van der Waals surface area (Å²) in [5.41, 5.74) is 2.98. The van der Waals surface area contributed by atoms with Crippen LogP contribution in [0.2, 0.25) is 0 Å². The quantitative estimate of drug-likeness (QED) is 0.788. The van der Waals surface area contributed by atoms with Crippen molar-refractivity contribution in [2.45, 2.75) is 31.6 Å². The lowest BCUT2D eigenvalue weighted by atomic mass is 9.80. The lowest BCUT2D eigenvalue weighted by molar-refractivity contribution is -0.0470. The highest BCUT2D eigenvalue weighted by Crippen LogP contribution is 2.34. The Morgan fingerprint density at radius 2 is 1.94 bits per heavy atom. The molecule has 1 nitrogen and oxygen atoms in total. The summed E-state index contributed by atoms with van der Waals surface area (Å²) in [6, 6.07) is 9.01. The first-order valence-corrected chi connectivity index (χ1v) is 6.64. The van der Waals surface area contributed by atoms with Gasteiger partial charge >= 0.3 is 0 Å². The largest absolute Gasteiger partial charge is 0.379 e. The molecule has 0 N–H and O–H groups in total. The molecule has 1 aromatic carbocycles. The lowest BCUT2D eigenvalue weighted by Gasteiger charge is -2.41. The van der Waals surface area contributed by atoms with E-state index < -0.39 is 0 Å². The molecule has 1 aliphatic heterocycles. The third-order valence-electron chi connectivity index (χ3n) is 3.76. The minimum atomic E-state index is 0.178. The van der Waals surface area contributed by atoms with Crippen LogP contribution in [0.25, 0.3) is 0 Å². The number of rotatable bonds is 4. The molecule has 1 atom stereocenters. The van der Waals surface area contributed by atoms with Crippen molar-refractivity contribution in [2.24, 2.45) is 0 Å². The molecule has 0 aromatic heterocycles. The molecular weight excluding hydrogens is 216 g/mol. The Balaban J connectivity index is 2.18. The van der Waals surface area contributed by atoms with Crippen LogP contribution in [-0.2, 0) is 10.2 Å². The van der Waals surface area contributed by atoms with E-state index in [0.29, 0.717) is 5.92 Å². The summed E-state index contributed by atoms with van der Waals surface area (Å²) in [4.78, 5) is 0. The maximum atomic E-state index is 5.33. The molecule has 0 spiro atoms. The first kappa shape index (κ1) is 12.0. The average Bonchev–Trinajstić information content (AvgIpc) is 2.28. The first-order chi connectivity index (χ1) is 7.72. The van der Waals surface area contributed by atoms with Gasteiger partial charge in [-0.1, -0.05) is 38.1 Å². The highest BCUT2D eigenvalue weighted by atomic mass is 32.1. The van der Waals surface area contributed by atoms with E-state index in [0.717, 1.165) is 19.0 Å². The Bertz CT molecular complexity index is 335. The van der Waals surface area contributed by atoms with Crippen LogP contribution in [0.1, 0.15) is 37.3 Å². The number of hydrogen-bond acceptors (Lipinski definition) is 2. The molecule has 1 unspecified atom stereocenters. The van der Waals surface area contributed by atoms with Gasteiger partial charge in [0.05, 0.1) is 18.6 Å². The van der Waals surface area contributed by atoms with Gasteiger partial charge in [0.2, 0.25) is 0 Å². The lowest BCUT2D eigenvalue weighted by Crippen LogP contribution is -2.48. The van der Waals surface area contributed by atoms with Crippen LogP contribution in [0.15, 0.2) is 24.3 Å². The van der Waals surface area contributed by atoms with Gasteiger partial charge < -0.3 is 4.74 Å².